The van der Waals surface area contributed by atoms with Crippen LogP contribution < -0.4 is 0 Å². The molecular weight excluding hydrogens is 128 g/mol. The van der Waals surface area contributed by atoms with E-state index in [1.807, 2.05) is 13.8 Å². The Morgan fingerprint density at radius 1 is 1.10 bits per heavy atom. The summed E-state index contributed by atoms with van der Waals surface area (Å²) < 4.78 is 10.2. The summed E-state index contributed by atoms with van der Waals surface area (Å²) in [7, 11) is 0. The SMILES string of the molecule is CC1(C)OCCO1.CCC. The summed E-state index contributed by atoms with van der Waals surface area (Å²) in [6.07, 6.45) is 1.25. The molecule has 62 valence electrons. The molecule has 1 aliphatic rings. The Morgan fingerprint density at radius 3 is 1.50 bits per heavy atom. The fourth-order valence-electron chi connectivity index (χ4n) is 0.617. The third kappa shape index (κ3) is 4.77. The highest BCUT2D eigenvalue weighted by Crippen LogP contribution is 2.15. The van der Waals surface area contributed by atoms with Crippen LogP contribution in [0.3, 0.4) is 0 Å². The maximum Gasteiger partial charge on any atom is 0.162 e. The van der Waals surface area contributed by atoms with E-state index in [9.17, 15) is 0 Å². The topological polar surface area (TPSA) is 18.5 Å². The van der Waals surface area contributed by atoms with E-state index in [0.717, 1.165) is 13.2 Å². The highest BCUT2D eigenvalue weighted by atomic mass is 16.7. The Hall–Kier alpha value is -0.0800. The van der Waals surface area contributed by atoms with Crippen molar-refractivity contribution in [2.24, 2.45) is 0 Å². The van der Waals surface area contributed by atoms with Crippen LogP contribution in [0.5, 0.6) is 0 Å². The van der Waals surface area contributed by atoms with Crippen molar-refractivity contribution in [2.45, 2.75) is 39.9 Å². The lowest BCUT2D eigenvalue weighted by Crippen LogP contribution is -2.18. The number of rotatable bonds is 0. The fraction of sp³-hybridized carbons (Fsp3) is 1.00. The van der Waals surface area contributed by atoms with Gasteiger partial charge in [-0.3, -0.25) is 0 Å². The first-order valence-electron chi connectivity index (χ1n) is 3.90. The lowest BCUT2D eigenvalue weighted by Gasteiger charge is -2.13. The van der Waals surface area contributed by atoms with Gasteiger partial charge in [0, 0.05) is 0 Å². The first kappa shape index (κ1) is 9.92. The van der Waals surface area contributed by atoms with E-state index < -0.39 is 0 Å². The predicted molar refractivity (Wildman–Crippen MR) is 41.9 cm³/mol. The van der Waals surface area contributed by atoms with Gasteiger partial charge in [0.15, 0.2) is 5.79 Å². The van der Waals surface area contributed by atoms with Crippen LogP contribution in [0.4, 0.5) is 0 Å². The minimum absolute atomic E-state index is 0.306. The van der Waals surface area contributed by atoms with Crippen LogP contribution in [-0.2, 0) is 9.47 Å². The van der Waals surface area contributed by atoms with Crippen molar-refractivity contribution in [1.82, 2.24) is 0 Å². The number of ether oxygens (including phenoxy) is 2. The lowest BCUT2D eigenvalue weighted by molar-refractivity contribution is -0.125. The summed E-state index contributed by atoms with van der Waals surface area (Å²) in [6, 6.07) is 0. The zero-order valence-corrected chi connectivity index (χ0v) is 7.44. The molecule has 1 heterocycles. The molecule has 0 spiro atoms. The summed E-state index contributed by atoms with van der Waals surface area (Å²) in [4.78, 5) is 0. The van der Waals surface area contributed by atoms with Crippen molar-refractivity contribution in [3.8, 4) is 0 Å². The van der Waals surface area contributed by atoms with Crippen molar-refractivity contribution in [2.75, 3.05) is 13.2 Å². The molecule has 2 nitrogen and oxygen atoms in total. The molecule has 1 saturated heterocycles. The van der Waals surface area contributed by atoms with Crippen molar-refractivity contribution in [1.29, 1.82) is 0 Å². The van der Waals surface area contributed by atoms with E-state index in [0.29, 0.717) is 0 Å². The molecule has 0 N–H and O–H groups in total. The zero-order chi connectivity index (χ0) is 8.04. The molecule has 0 bridgehead atoms. The van der Waals surface area contributed by atoms with E-state index in [1.165, 1.54) is 6.42 Å². The second kappa shape index (κ2) is 4.69. The van der Waals surface area contributed by atoms with Crippen molar-refractivity contribution in [3.63, 3.8) is 0 Å². The van der Waals surface area contributed by atoms with Gasteiger partial charge >= 0.3 is 0 Å². The molecule has 10 heavy (non-hydrogen) atoms. The van der Waals surface area contributed by atoms with Gasteiger partial charge in [-0.15, -0.1) is 0 Å². The standard InChI is InChI=1S/C5H10O2.C3H8/c1-5(2)6-3-4-7-5;1-3-2/h3-4H2,1-2H3;3H2,1-2H3. The highest BCUT2D eigenvalue weighted by molar-refractivity contribution is 4.58. The third-order valence-corrected chi connectivity index (χ3v) is 0.983. The molecule has 0 amide bonds. The van der Waals surface area contributed by atoms with Crippen LogP contribution in [0, 0.1) is 0 Å². The second-order valence-corrected chi connectivity index (χ2v) is 2.80. The van der Waals surface area contributed by atoms with Crippen LogP contribution in [0.25, 0.3) is 0 Å². The first-order chi connectivity index (χ1) is 4.62. The minimum atomic E-state index is -0.306. The number of hydrogen-bond acceptors (Lipinski definition) is 2. The summed E-state index contributed by atoms with van der Waals surface area (Å²) in [5.74, 6) is -0.306. The molecule has 0 unspecified atom stereocenters. The first-order valence-corrected chi connectivity index (χ1v) is 3.90. The van der Waals surface area contributed by atoms with Gasteiger partial charge in [0.2, 0.25) is 0 Å². The van der Waals surface area contributed by atoms with Gasteiger partial charge in [0.05, 0.1) is 13.2 Å². The molecule has 0 aromatic carbocycles. The molecule has 1 aliphatic heterocycles. The molecule has 0 aromatic heterocycles. The van der Waals surface area contributed by atoms with Gasteiger partial charge < -0.3 is 9.47 Å². The van der Waals surface area contributed by atoms with Gasteiger partial charge in [-0.2, -0.15) is 0 Å². The minimum Gasteiger partial charge on any atom is -0.348 e. The van der Waals surface area contributed by atoms with Gasteiger partial charge in [-0.1, -0.05) is 20.3 Å². The quantitative estimate of drug-likeness (QED) is 0.521. The highest BCUT2D eigenvalue weighted by Gasteiger charge is 2.23. The Bertz CT molecular complexity index is 71.3. The van der Waals surface area contributed by atoms with E-state index >= 15 is 0 Å². The van der Waals surface area contributed by atoms with E-state index in [1.54, 1.807) is 0 Å². The summed E-state index contributed by atoms with van der Waals surface area (Å²) >= 11 is 0. The fourth-order valence-corrected chi connectivity index (χ4v) is 0.617. The molecule has 0 saturated carbocycles. The molecule has 1 fully saturated rings. The van der Waals surface area contributed by atoms with E-state index in [2.05, 4.69) is 13.8 Å². The van der Waals surface area contributed by atoms with Crippen LogP contribution >= 0.6 is 0 Å². The van der Waals surface area contributed by atoms with Crippen LogP contribution in [0.15, 0.2) is 0 Å². The molecule has 2 heteroatoms. The zero-order valence-electron chi connectivity index (χ0n) is 7.44. The van der Waals surface area contributed by atoms with Crippen LogP contribution in [0.1, 0.15) is 34.1 Å². The van der Waals surface area contributed by atoms with Gasteiger partial charge in [0.1, 0.15) is 0 Å². The Labute approximate surface area is 63.5 Å². The second-order valence-electron chi connectivity index (χ2n) is 2.80. The third-order valence-electron chi connectivity index (χ3n) is 0.983. The number of hydrogen-bond donors (Lipinski definition) is 0. The van der Waals surface area contributed by atoms with Crippen molar-refractivity contribution in [3.05, 3.63) is 0 Å². The smallest absolute Gasteiger partial charge is 0.162 e. The monoisotopic (exact) mass is 146 g/mol. The van der Waals surface area contributed by atoms with E-state index in [4.69, 9.17) is 9.47 Å². The summed E-state index contributed by atoms with van der Waals surface area (Å²) in [5, 5.41) is 0. The van der Waals surface area contributed by atoms with Gasteiger partial charge in [-0.05, 0) is 13.8 Å². The van der Waals surface area contributed by atoms with Crippen molar-refractivity contribution < 1.29 is 9.47 Å². The van der Waals surface area contributed by atoms with Crippen molar-refractivity contribution >= 4 is 0 Å². The molecule has 0 aliphatic carbocycles. The average Bonchev–Trinajstić information content (AvgIpc) is 2.16. The van der Waals surface area contributed by atoms with Crippen LogP contribution in [-0.4, -0.2) is 19.0 Å². The summed E-state index contributed by atoms with van der Waals surface area (Å²) in [5.41, 5.74) is 0. The molecule has 0 aromatic rings. The molecule has 1 rings (SSSR count). The maximum absolute atomic E-state index is 5.12. The van der Waals surface area contributed by atoms with Crippen LogP contribution in [0.2, 0.25) is 0 Å². The lowest BCUT2D eigenvalue weighted by atomic mass is 10.4. The summed E-state index contributed by atoms with van der Waals surface area (Å²) in [6.45, 7) is 9.57. The average molecular weight is 146 g/mol. The van der Waals surface area contributed by atoms with E-state index in [-0.39, 0.29) is 5.79 Å². The maximum atomic E-state index is 5.12. The Kier molecular flexibility index (Phi) is 4.65. The Balaban J connectivity index is 0.000000236. The molecule has 0 radical (unpaired) electrons. The predicted octanol–water partition coefficient (Wildman–Crippen LogP) is 2.19. The molecular formula is C8H18O2. The molecule has 0 atom stereocenters. The van der Waals surface area contributed by atoms with Gasteiger partial charge in [-0.25, -0.2) is 0 Å². The van der Waals surface area contributed by atoms with Gasteiger partial charge in [0.25, 0.3) is 0 Å². The normalized spacial score (nSPS) is 21.6. The Morgan fingerprint density at radius 2 is 1.40 bits per heavy atom. The largest absolute Gasteiger partial charge is 0.348 e.